The first-order valence-corrected chi connectivity index (χ1v) is 15.8. The molecule has 0 saturated carbocycles. The lowest BCUT2D eigenvalue weighted by Crippen LogP contribution is -2.78. The number of fused-ring (bicyclic) bond motifs is 2. The van der Waals surface area contributed by atoms with E-state index in [1.54, 1.807) is 27.7 Å². The summed E-state index contributed by atoms with van der Waals surface area (Å²) in [5.41, 5.74) is -2.94. The highest BCUT2D eigenvalue weighted by Gasteiger charge is 2.72. The maximum absolute atomic E-state index is 14.8. The Morgan fingerprint density at radius 3 is 1.92 bits per heavy atom. The zero-order valence-electron chi connectivity index (χ0n) is 28.5. The lowest BCUT2D eigenvalue weighted by Gasteiger charge is -2.56. The van der Waals surface area contributed by atoms with Gasteiger partial charge in [-0.3, -0.25) is 24.1 Å². The Morgan fingerprint density at radius 1 is 0.880 bits per heavy atom. The number of aromatic hydroxyl groups is 3. The van der Waals surface area contributed by atoms with Crippen LogP contribution in [0.15, 0.2) is 54.0 Å². The van der Waals surface area contributed by atoms with Crippen LogP contribution in [0.5, 0.6) is 40.2 Å². The SMILES string of the molecule is CC[C@H](C)C1=C(O)[N@@+]2([O-])Oc3ccc(-c4c(O)c(O)c(-c5ccc(O)cc5)c(OC(C)=O)c4OC(C)=O)cc3O[C@]2([C@@H](C)CC)C(=O)N1OC. The Morgan fingerprint density at radius 2 is 1.42 bits per heavy atom. The van der Waals surface area contributed by atoms with Gasteiger partial charge in [0, 0.05) is 19.8 Å². The van der Waals surface area contributed by atoms with Crippen LogP contribution in [0.3, 0.4) is 0 Å². The maximum atomic E-state index is 14.8. The summed E-state index contributed by atoms with van der Waals surface area (Å²) in [6.07, 6.45) is 0.650. The molecule has 15 heteroatoms. The van der Waals surface area contributed by atoms with E-state index in [0.717, 1.165) is 18.9 Å². The number of hydrogen-bond acceptors (Lipinski definition) is 13. The number of phenols is 3. The van der Waals surface area contributed by atoms with E-state index in [1.807, 2.05) is 0 Å². The third kappa shape index (κ3) is 5.39. The van der Waals surface area contributed by atoms with Gasteiger partial charge in [0.1, 0.15) is 5.75 Å². The van der Waals surface area contributed by atoms with Gasteiger partial charge in [0.15, 0.2) is 34.4 Å². The van der Waals surface area contributed by atoms with Crippen molar-refractivity contribution in [2.75, 3.05) is 7.11 Å². The number of carbonyl (C=O) groups is 3. The second kappa shape index (κ2) is 13.1. The molecule has 4 atom stereocenters. The highest BCUT2D eigenvalue weighted by molar-refractivity contribution is 5.96. The molecule has 2 aliphatic rings. The van der Waals surface area contributed by atoms with Crippen LogP contribution in [-0.2, 0) is 19.2 Å². The quantitative estimate of drug-likeness (QED) is 0.0677. The Balaban J connectivity index is 1.79. The summed E-state index contributed by atoms with van der Waals surface area (Å²) in [6, 6.07) is 9.19. The van der Waals surface area contributed by atoms with Gasteiger partial charge in [-0.1, -0.05) is 44.6 Å². The fraction of sp³-hybridized carbons (Fsp3) is 0.343. The smallest absolute Gasteiger partial charge is 0.374 e. The molecular weight excluding hydrogens is 656 g/mol. The Labute approximate surface area is 287 Å². The maximum Gasteiger partial charge on any atom is 0.374 e. The van der Waals surface area contributed by atoms with Crippen molar-refractivity contribution in [1.82, 2.24) is 5.06 Å². The molecule has 3 aromatic rings. The van der Waals surface area contributed by atoms with E-state index in [2.05, 4.69) is 0 Å². The Bertz CT molecular complexity index is 1910. The summed E-state index contributed by atoms with van der Waals surface area (Å²) in [5.74, 6) is -7.90. The van der Waals surface area contributed by atoms with Crippen molar-refractivity contribution in [2.45, 2.75) is 60.1 Å². The van der Waals surface area contributed by atoms with Crippen molar-refractivity contribution < 1.29 is 63.5 Å². The molecule has 3 aromatic carbocycles. The van der Waals surface area contributed by atoms with Gasteiger partial charge in [0.05, 0.1) is 24.2 Å². The molecule has 0 bridgehead atoms. The highest BCUT2D eigenvalue weighted by atomic mass is 17.0. The lowest BCUT2D eigenvalue weighted by molar-refractivity contribution is -1.08. The molecule has 0 fully saturated rings. The van der Waals surface area contributed by atoms with Crippen molar-refractivity contribution in [3.8, 4) is 62.5 Å². The monoisotopic (exact) mass is 694 g/mol. The number of amides is 1. The molecular formula is C35H38N2O13. The molecule has 1 amide bonds. The fourth-order valence-corrected chi connectivity index (χ4v) is 6.12. The number of benzene rings is 3. The van der Waals surface area contributed by atoms with E-state index >= 15 is 0 Å². The van der Waals surface area contributed by atoms with Crippen LogP contribution in [0.2, 0.25) is 0 Å². The van der Waals surface area contributed by atoms with Gasteiger partial charge in [-0.25, -0.2) is 0 Å². The third-order valence-electron chi connectivity index (χ3n) is 8.93. The number of ether oxygens (including phenoxy) is 3. The summed E-state index contributed by atoms with van der Waals surface area (Å²) in [5, 5.41) is 59.8. The number of hydroxylamine groups is 6. The van der Waals surface area contributed by atoms with Gasteiger partial charge in [0.25, 0.3) is 0 Å². The number of rotatable bonds is 9. The number of allylic oxidation sites excluding steroid dienone is 1. The van der Waals surface area contributed by atoms with Gasteiger partial charge in [-0.05, 0) is 54.3 Å². The molecule has 0 unspecified atom stereocenters. The minimum absolute atomic E-state index is 0.000766. The minimum atomic E-state index is -2.47. The van der Waals surface area contributed by atoms with E-state index in [-0.39, 0.29) is 51.6 Å². The largest absolute Gasteiger partial charge is 0.578 e. The van der Waals surface area contributed by atoms with E-state index in [0.29, 0.717) is 6.42 Å². The number of quaternary nitrogens is 1. The van der Waals surface area contributed by atoms with Gasteiger partial charge >= 0.3 is 29.5 Å². The number of aliphatic hydroxyl groups excluding tert-OH is 1. The second-order valence-electron chi connectivity index (χ2n) is 12.1. The van der Waals surface area contributed by atoms with Crippen molar-refractivity contribution >= 4 is 17.8 Å². The van der Waals surface area contributed by atoms with E-state index in [9.17, 15) is 40.0 Å². The van der Waals surface area contributed by atoms with Gasteiger partial charge in [-0.15, -0.1) is 0 Å². The van der Waals surface area contributed by atoms with E-state index in [4.69, 9.17) is 23.9 Å². The lowest BCUT2D eigenvalue weighted by atomic mass is 9.89. The number of nitrogens with zero attached hydrogens (tertiary/aromatic N) is 2. The number of aliphatic hydroxyl groups is 1. The zero-order chi connectivity index (χ0) is 36.9. The van der Waals surface area contributed by atoms with Crippen LogP contribution >= 0.6 is 0 Å². The van der Waals surface area contributed by atoms with Crippen molar-refractivity contribution in [3.63, 3.8) is 0 Å². The van der Waals surface area contributed by atoms with Gasteiger partial charge in [0.2, 0.25) is 5.75 Å². The number of hydrogen-bond donors (Lipinski definition) is 4. The molecule has 0 spiro atoms. The summed E-state index contributed by atoms with van der Waals surface area (Å²) in [7, 11) is 1.22. The molecule has 0 aromatic heterocycles. The summed E-state index contributed by atoms with van der Waals surface area (Å²) in [4.78, 5) is 48.3. The number of phenolic OH excluding ortho intramolecular Hbond substituents is 3. The minimum Gasteiger partial charge on any atom is -0.578 e. The topological polar surface area (TPSA) is 205 Å². The molecule has 50 heavy (non-hydrogen) atoms. The first kappa shape index (κ1) is 35.8. The number of esters is 2. The average Bonchev–Trinajstić information content (AvgIpc) is 3.07. The predicted octanol–water partition coefficient (Wildman–Crippen LogP) is 5.91. The van der Waals surface area contributed by atoms with Crippen LogP contribution in [-0.4, -0.2) is 61.0 Å². The average molecular weight is 695 g/mol. The van der Waals surface area contributed by atoms with Crippen LogP contribution in [0, 0.1) is 17.0 Å². The highest BCUT2D eigenvalue weighted by Crippen LogP contribution is 2.58. The van der Waals surface area contributed by atoms with Crippen LogP contribution in [0.1, 0.15) is 54.4 Å². The predicted molar refractivity (Wildman–Crippen MR) is 175 cm³/mol. The standard InChI is InChI=1S/C35H38N2O13/c1-8-17(3)28-33(43)37(45)35(18(4)9-2,34(44)36(28)46-7)49-25-16-22(12-15-24(25)50-37)27-30(42)29(41)26(21-10-13-23(40)14-11-21)31(47-19(5)38)32(27)48-20(6)39/h10-18,40-43H,8-9H2,1-7H3/t17-,18-,35+,37+/m0/s1. The molecule has 2 heterocycles. The van der Waals surface area contributed by atoms with Gasteiger partial charge in [-0.2, -0.15) is 5.06 Å². The summed E-state index contributed by atoms with van der Waals surface area (Å²) >= 11 is 0. The molecule has 0 saturated heterocycles. The van der Waals surface area contributed by atoms with Crippen LogP contribution in [0.4, 0.5) is 0 Å². The first-order chi connectivity index (χ1) is 23.6. The molecule has 5 rings (SSSR count). The molecule has 15 nitrogen and oxygen atoms in total. The molecule has 4 N–H and O–H groups in total. The van der Waals surface area contributed by atoms with Crippen LogP contribution in [0.25, 0.3) is 22.3 Å². The second-order valence-corrected chi connectivity index (χ2v) is 12.1. The van der Waals surface area contributed by atoms with Crippen LogP contribution < -0.4 is 19.0 Å². The van der Waals surface area contributed by atoms with Crippen molar-refractivity contribution in [2.24, 2.45) is 11.8 Å². The Hall–Kier alpha value is -5.51. The first-order valence-electron chi connectivity index (χ1n) is 15.8. The molecule has 0 radical (unpaired) electrons. The Kier molecular flexibility index (Phi) is 9.36. The van der Waals surface area contributed by atoms with Crippen molar-refractivity contribution in [1.29, 1.82) is 0 Å². The van der Waals surface area contributed by atoms with Crippen molar-refractivity contribution in [3.05, 3.63) is 59.3 Å². The van der Waals surface area contributed by atoms with E-state index in [1.165, 1.54) is 49.6 Å². The zero-order valence-corrected chi connectivity index (χ0v) is 28.5. The fourth-order valence-electron chi connectivity index (χ4n) is 6.12. The third-order valence-corrected chi connectivity index (χ3v) is 8.93. The molecule has 0 aliphatic carbocycles. The van der Waals surface area contributed by atoms with Gasteiger partial charge < -0.3 is 39.8 Å². The normalized spacial score (nSPS) is 21.0. The molecule has 266 valence electrons. The number of carbonyl (C=O) groups excluding carboxylic acids is 3. The summed E-state index contributed by atoms with van der Waals surface area (Å²) < 4.78 is 17.3. The summed E-state index contributed by atoms with van der Waals surface area (Å²) in [6.45, 7) is 8.95. The van der Waals surface area contributed by atoms with E-state index < -0.39 is 69.1 Å². The molecule has 2 aliphatic heterocycles.